The lowest BCUT2D eigenvalue weighted by Gasteiger charge is -2.30. The van der Waals surface area contributed by atoms with Crippen molar-refractivity contribution in [2.75, 3.05) is 26.3 Å². The smallest absolute Gasteiger partial charge is 0.408 e. The van der Waals surface area contributed by atoms with Crippen LogP contribution in [0.5, 0.6) is 0 Å². The highest BCUT2D eigenvalue weighted by Gasteiger charge is 2.30. The van der Waals surface area contributed by atoms with Gasteiger partial charge in [-0.1, -0.05) is 6.07 Å². The lowest BCUT2D eigenvalue weighted by Crippen LogP contribution is -2.48. The predicted octanol–water partition coefficient (Wildman–Crippen LogP) is 2.17. The Morgan fingerprint density at radius 3 is 2.59 bits per heavy atom. The number of thiophene rings is 1. The normalized spacial score (nSPS) is 17.0. The first kappa shape index (κ1) is 16.8. The number of ether oxygens (including phenoxy) is 2. The van der Waals surface area contributed by atoms with Crippen molar-refractivity contribution in [1.29, 1.82) is 0 Å². The quantitative estimate of drug-likeness (QED) is 0.924. The summed E-state index contributed by atoms with van der Waals surface area (Å²) in [5.74, 6) is -0.128. The predicted molar refractivity (Wildman–Crippen MR) is 83.8 cm³/mol. The summed E-state index contributed by atoms with van der Waals surface area (Å²) in [4.78, 5) is 27.2. The Hall–Kier alpha value is -1.60. The summed E-state index contributed by atoms with van der Waals surface area (Å²) >= 11 is 1.43. The standard InChI is InChI=1S/C15H22N2O4S/c1-15(2,3)21-14(19)16-12(11-5-4-10-22-11)13(18)17-6-8-20-9-7-17/h4-5,10,12H,6-9H2,1-3H3,(H,16,19)/t12-/m0/s1. The zero-order valence-corrected chi connectivity index (χ0v) is 13.9. The molecule has 2 amide bonds. The summed E-state index contributed by atoms with van der Waals surface area (Å²) in [7, 11) is 0. The van der Waals surface area contributed by atoms with Crippen molar-refractivity contribution in [3.63, 3.8) is 0 Å². The number of carbonyl (C=O) groups is 2. The maximum absolute atomic E-state index is 12.7. The van der Waals surface area contributed by atoms with Gasteiger partial charge in [0, 0.05) is 18.0 Å². The Morgan fingerprint density at radius 1 is 1.36 bits per heavy atom. The van der Waals surface area contributed by atoms with E-state index in [1.54, 1.807) is 25.7 Å². The lowest BCUT2D eigenvalue weighted by atomic mass is 10.2. The summed E-state index contributed by atoms with van der Waals surface area (Å²) < 4.78 is 10.5. The van der Waals surface area contributed by atoms with Gasteiger partial charge in [0.05, 0.1) is 13.2 Å². The summed E-state index contributed by atoms with van der Waals surface area (Å²) in [5.41, 5.74) is -0.605. The van der Waals surface area contributed by atoms with Crippen molar-refractivity contribution < 1.29 is 19.1 Å². The summed E-state index contributed by atoms with van der Waals surface area (Å²) in [5, 5.41) is 4.57. The average molecular weight is 326 g/mol. The van der Waals surface area contributed by atoms with E-state index in [4.69, 9.17) is 9.47 Å². The van der Waals surface area contributed by atoms with Gasteiger partial charge in [0.15, 0.2) is 0 Å². The SMILES string of the molecule is CC(C)(C)OC(=O)N[C@H](C(=O)N1CCOCC1)c1cccs1. The van der Waals surface area contributed by atoms with Gasteiger partial charge in [-0.2, -0.15) is 0 Å². The third-order valence-electron chi connectivity index (χ3n) is 3.06. The largest absolute Gasteiger partial charge is 0.444 e. The number of hydrogen-bond donors (Lipinski definition) is 1. The first-order valence-electron chi connectivity index (χ1n) is 7.26. The van der Waals surface area contributed by atoms with Gasteiger partial charge in [-0.25, -0.2) is 4.79 Å². The van der Waals surface area contributed by atoms with Crippen LogP contribution in [0, 0.1) is 0 Å². The van der Waals surface area contributed by atoms with E-state index in [2.05, 4.69) is 5.32 Å². The molecule has 122 valence electrons. The second-order valence-corrected chi connectivity index (χ2v) is 7.01. The molecule has 1 aliphatic heterocycles. The number of hydrogen-bond acceptors (Lipinski definition) is 5. The molecular formula is C15H22N2O4S. The number of rotatable bonds is 3. The molecule has 1 atom stereocenters. The average Bonchev–Trinajstić information content (AvgIpc) is 2.97. The number of nitrogens with one attached hydrogen (secondary N) is 1. The van der Waals surface area contributed by atoms with E-state index in [9.17, 15) is 9.59 Å². The lowest BCUT2D eigenvalue weighted by molar-refractivity contribution is -0.137. The molecule has 7 heteroatoms. The van der Waals surface area contributed by atoms with Crippen LogP contribution in [0.15, 0.2) is 17.5 Å². The van der Waals surface area contributed by atoms with Gasteiger partial charge < -0.3 is 19.7 Å². The minimum atomic E-state index is -0.715. The van der Waals surface area contributed by atoms with Gasteiger partial charge in [-0.3, -0.25) is 4.79 Å². The van der Waals surface area contributed by atoms with Crippen LogP contribution in [0.3, 0.4) is 0 Å². The Labute approximate surface area is 134 Å². The summed E-state index contributed by atoms with van der Waals surface area (Å²) in [6.07, 6.45) is -0.590. The second kappa shape index (κ2) is 7.11. The second-order valence-electron chi connectivity index (χ2n) is 6.03. The van der Waals surface area contributed by atoms with Crippen LogP contribution in [0.2, 0.25) is 0 Å². The van der Waals surface area contributed by atoms with Gasteiger partial charge in [-0.15, -0.1) is 11.3 Å². The molecule has 1 N–H and O–H groups in total. The number of amides is 2. The maximum Gasteiger partial charge on any atom is 0.408 e. The first-order chi connectivity index (χ1) is 10.4. The molecule has 1 aromatic rings. The molecule has 22 heavy (non-hydrogen) atoms. The van der Waals surface area contributed by atoms with E-state index < -0.39 is 17.7 Å². The molecule has 2 rings (SSSR count). The Bertz CT molecular complexity index is 504. The molecule has 0 radical (unpaired) electrons. The molecule has 1 aliphatic rings. The fraction of sp³-hybridized carbons (Fsp3) is 0.600. The van der Waals surface area contributed by atoms with E-state index in [1.165, 1.54) is 11.3 Å². The number of morpholine rings is 1. The van der Waals surface area contributed by atoms with Crippen molar-refractivity contribution >= 4 is 23.3 Å². The van der Waals surface area contributed by atoms with E-state index in [1.807, 2.05) is 17.5 Å². The molecule has 1 aromatic heterocycles. The van der Waals surface area contributed by atoms with Gasteiger partial charge in [0.25, 0.3) is 5.91 Å². The summed E-state index contributed by atoms with van der Waals surface area (Å²) in [6, 6.07) is 2.98. The topological polar surface area (TPSA) is 67.9 Å². The highest BCUT2D eigenvalue weighted by atomic mass is 32.1. The molecule has 0 saturated carbocycles. The van der Waals surface area contributed by atoms with Crippen molar-refractivity contribution in [3.05, 3.63) is 22.4 Å². The van der Waals surface area contributed by atoms with Crippen LogP contribution in [-0.2, 0) is 14.3 Å². The molecule has 1 fully saturated rings. The van der Waals surface area contributed by atoms with Crippen molar-refractivity contribution in [2.45, 2.75) is 32.4 Å². The van der Waals surface area contributed by atoms with E-state index in [-0.39, 0.29) is 5.91 Å². The van der Waals surface area contributed by atoms with E-state index in [0.29, 0.717) is 26.3 Å². The van der Waals surface area contributed by atoms with Gasteiger partial charge in [-0.05, 0) is 32.2 Å². The molecule has 0 spiro atoms. The zero-order valence-electron chi connectivity index (χ0n) is 13.1. The van der Waals surface area contributed by atoms with Gasteiger partial charge >= 0.3 is 6.09 Å². The van der Waals surface area contributed by atoms with Gasteiger partial charge in [0.2, 0.25) is 0 Å². The molecule has 0 unspecified atom stereocenters. The summed E-state index contributed by atoms with van der Waals surface area (Å²) in [6.45, 7) is 7.49. The van der Waals surface area contributed by atoms with Gasteiger partial charge in [0.1, 0.15) is 11.6 Å². The Morgan fingerprint density at radius 2 is 2.05 bits per heavy atom. The third kappa shape index (κ3) is 4.71. The molecule has 6 nitrogen and oxygen atoms in total. The molecule has 0 bridgehead atoms. The van der Waals surface area contributed by atoms with E-state index in [0.717, 1.165) is 4.88 Å². The Balaban J connectivity index is 2.09. The molecule has 0 aromatic carbocycles. The van der Waals surface area contributed by atoms with Crippen LogP contribution >= 0.6 is 11.3 Å². The number of carbonyl (C=O) groups excluding carboxylic acids is 2. The Kier molecular flexibility index (Phi) is 5.42. The molecular weight excluding hydrogens is 304 g/mol. The highest BCUT2D eigenvalue weighted by molar-refractivity contribution is 7.10. The van der Waals surface area contributed by atoms with Crippen LogP contribution in [0.4, 0.5) is 4.79 Å². The fourth-order valence-corrected chi connectivity index (χ4v) is 2.87. The number of nitrogens with zero attached hydrogens (tertiary/aromatic N) is 1. The minimum Gasteiger partial charge on any atom is -0.444 e. The first-order valence-corrected chi connectivity index (χ1v) is 8.14. The van der Waals surface area contributed by atoms with E-state index >= 15 is 0 Å². The van der Waals surface area contributed by atoms with Crippen LogP contribution in [0.25, 0.3) is 0 Å². The molecule has 1 saturated heterocycles. The number of alkyl carbamates (subject to hydrolysis) is 1. The monoisotopic (exact) mass is 326 g/mol. The molecule has 2 heterocycles. The third-order valence-corrected chi connectivity index (χ3v) is 4.00. The van der Waals surface area contributed by atoms with Crippen LogP contribution in [-0.4, -0.2) is 48.8 Å². The maximum atomic E-state index is 12.7. The van der Waals surface area contributed by atoms with Crippen molar-refractivity contribution in [3.8, 4) is 0 Å². The highest BCUT2D eigenvalue weighted by Crippen LogP contribution is 2.22. The van der Waals surface area contributed by atoms with Crippen molar-refractivity contribution in [1.82, 2.24) is 10.2 Å². The van der Waals surface area contributed by atoms with Crippen LogP contribution < -0.4 is 5.32 Å². The molecule has 0 aliphatic carbocycles. The minimum absolute atomic E-state index is 0.128. The van der Waals surface area contributed by atoms with Crippen molar-refractivity contribution in [2.24, 2.45) is 0 Å². The fourth-order valence-electron chi connectivity index (χ4n) is 2.10. The van der Waals surface area contributed by atoms with Crippen LogP contribution in [0.1, 0.15) is 31.7 Å². The zero-order chi connectivity index (χ0) is 16.2.